The lowest BCUT2D eigenvalue weighted by Gasteiger charge is -2.33. The summed E-state index contributed by atoms with van der Waals surface area (Å²) >= 11 is 0. The molecule has 0 spiro atoms. The largest absolute Gasteiger partial charge is 0.460 e. The van der Waals surface area contributed by atoms with Gasteiger partial charge in [-0.1, -0.05) is 13.8 Å². The molecule has 5 rings (SSSR count). The van der Waals surface area contributed by atoms with Crippen molar-refractivity contribution >= 4 is 5.97 Å². The molecule has 0 bridgehead atoms. The number of nitrogens with zero attached hydrogens (tertiary/aromatic N) is 2. The Hall–Kier alpha value is -2.95. The van der Waals surface area contributed by atoms with E-state index in [1.165, 1.54) is 58.3 Å². The molecule has 3 aromatic rings. The van der Waals surface area contributed by atoms with Crippen LogP contribution in [-0.2, 0) is 28.8 Å². The number of H-pyrrole nitrogens is 1. The van der Waals surface area contributed by atoms with Gasteiger partial charge in [-0.05, 0) is 125 Å². The van der Waals surface area contributed by atoms with Gasteiger partial charge < -0.3 is 4.74 Å². The number of carbonyl (C=O) groups is 1. The number of benzene rings is 1. The van der Waals surface area contributed by atoms with Crippen LogP contribution in [-0.4, -0.2) is 26.8 Å². The number of rotatable bonds is 6. The van der Waals surface area contributed by atoms with E-state index < -0.39 is 5.60 Å². The van der Waals surface area contributed by atoms with Crippen LogP contribution in [0.3, 0.4) is 0 Å². The van der Waals surface area contributed by atoms with Crippen molar-refractivity contribution in [2.24, 2.45) is 5.41 Å². The SMILES string of the molecule is Cc1cc(-c2cc(-c3cnc(C4CC4)c4c3CCC(C)(C)C4)[nH]n2)cc(C)c1CCC(=O)OC(C)(C)C. The molecule has 0 unspecified atom stereocenters. The summed E-state index contributed by atoms with van der Waals surface area (Å²) < 4.78 is 5.49. The van der Waals surface area contributed by atoms with Crippen molar-refractivity contribution in [3.8, 4) is 22.5 Å². The number of pyridine rings is 1. The van der Waals surface area contributed by atoms with Crippen molar-refractivity contribution in [2.45, 2.75) is 105 Å². The predicted octanol–water partition coefficient (Wildman–Crippen LogP) is 7.42. The van der Waals surface area contributed by atoms with Gasteiger partial charge in [0.05, 0.1) is 11.4 Å². The molecule has 2 aromatic heterocycles. The Balaban J connectivity index is 1.40. The fraction of sp³-hybridized carbons (Fsp3) is 0.531. The number of aromatic nitrogens is 3. The molecule has 37 heavy (non-hydrogen) atoms. The number of carbonyl (C=O) groups excluding carboxylic acids is 1. The smallest absolute Gasteiger partial charge is 0.306 e. The van der Waals surface area contributed by atoms with Crippen molar-refractivity contribution in [1.82, 2.24) is 15.2 Å². The van der Waals surface area contributed by atoms with E-state index in [1.807, 2.05) is 20.8 Å². The van der Waals surface area contributed by atoms with Gasteiger partial charge in [0, 0.05) is 35.4 Å². The Bertz CT molecular complexity index is 1320. The summed E-state index contributed by atoms with van der Waals surface area (Å²) in [7, 11) is 0. The summed E-state index contributed by atoms with van der Waals surface area (Å²) in [5.74, 6) is 0.508. The van der Waals surface area contributed by atoms with Gasteiger partial charge in [0.25, 0.3) is 0 Å². The zero-order valence-electron chi connectivity index (χ0n) is 23.5. The fourth-order valence-electron chi connectivity index (χ4n) is 5.82. The standard InChI is InChI=1S/C32H41N3O2/c1-19-14-22(15-20(2)23(19)10-11-29(36)37-31(3,4)5)27-16-28(35-34-27)26-18-33-30(21-8-9-21)25-17-32(6,7)13-12-24(25)26/h14-16,18,21H,8-13,17H2,1-7H3,(H,34,35). The number of aromatic amines is 1. The van der Waals surface area contributed by atoms with Gasteiger partial charge in [0.15, 0.2) is 0 Å². The highest BCUT2D eigenvalue weighted by atomic mass is 16.6. The number of hydrogen-bond donors (Lipinski definition) is 1. The normalized spacial score (nSPS) is 16.9. The van der Waals surface area contributed by atoms with Crippen LogP contribution in [0, 0.1) is 19.3 Å². The van der Waals surface area contributed by atoms with E-state index in [9.17, 15) is 4.79 Å². The topological polar surface area (TPSA) is 67.9 Å². The molecule has 0 aliphatic heterocycles. The Kier molecular flexibility index (Phi) is 6.54. The summed E-state index contributed by atoms with van der Waals surface area (Å²) in [6.07, 6.45) is 9.11. The third-order valence-corrected chi connectivity index (χ3v) is 7.86. The van der Waals surface area contributed by atoms with Crippen LogP contribution in [0.4, 0.5) is 0 Å². The monoisotopic (exact) mass is 499 g/mol. The van der Waals surface area contributed by atoms with Crippen molar-refractivity contribution in [3.63, 3.8) is 0 Å². The molecule has 2 aliphatic carbocycles. The number of ether oxygens (including phenoxy) is 1. The van der Waals surface area contributed by atoms with E-state index in [1.54, 1.807) is 0 Å². The predicted molar refractivity (Wildman–Crippen MR) is 149 cm³/mol. The van der Waals surface area contributed by atoms with Gasteiger partial charge in [-0.25, -0.2) is 0 Å². The first-order chi connectivity index (χ1) is 17.4. The Morgan fingerprint density at radius 3 is 2.46 bits per heavy atom. The van der Waals surface area contributed by atoms with Gasteiger partial charge in [-0.15, -0.1) is 0 Å². The van der Waals surface area contributed by atoms with Crippen molar-refractivity contribution in [2.75, 3.05) is 0 Å². The van der Waals surface area contributed by atoms with E-state index in [2.05, 4.69) is 57.2 Å². The van der Waals surface area contributed by atoms with Crippen LogP contribution in [0.25, 0.3) is 22.5 Å². The lowest BCUT2D eigenvalue weighted by Crippen LogP contribution is -2.24. The lowest BCUT2D eigenvalue weighted by atomic mass is 9.72. The first-order valence-electron chi connectivity index (χ1n) is 13.8. The fourth-order valence-corrected chi connectivity index (χ4v) is 5.82. The molecule has 0 amide bonds. The summed E-state index contributed by atoms with van der Waals surface area (Å²) in [6, 6.07) is 6.54. The minimum atomic E-state index is -0.452. The highest BCUT2D eigenvalue weighted by Crippen LogP contribution is 2.47. The average Bonchev–Trinajstić information content (AvgIpc) is 3.51. The number of nitrogens with one attached hydrogen (secondary N) is 1. The Labute approximate surface area is 221 Å². The molecule has 0 radical (unpaired) electrons. The molecule has 5 nitrogen and oxygen atoms in total. The summed E-state index contributed by atoms with van der Waals surface area (Å²) in [5, 5.41) is 8.03. The van der Waals surface area contributed by atoms with Crippen LogP contribution in [0.1, 0.15) is 99.7 Å². The van der Waals surface area contributed by atoms with Crippen LogP contribution in [0.2, 0.25) is 0 Å². The Morgan fingerprint density at radius 1 is 1.11 bits per heavy atom. The van der Waals surface area contributed by atoms with E-state index in [-0.39, 0.29) is 5.97 Å². The van der Waals surface area contributed by atoms with Crippen molar-refractivity contribution in [1.29, 1.82) is 0 Å². The second kappa shape index (κ2) is 9.41. The molecular formula is C32H41N3O2. The summed E-state index contributed by atoms with van der Waals surface area (Å²) in [4.78, 5) is 17.2. The molecule has 5 heteroatoms. The summed E-state index contributed by atoms with van der Waals surface area (Å²) in [6.45, 7) is 14.7. The molecule has 2 aliphatic rings. The van der Waals surface area contributed by atoms with Gasteiger partial charge in [0.2, 0.25) is 0 Å². The van der Waals surface area contributed by atoms with Gasteiger partial charge in [0.1, 0.15) is 5.60 Å². The maximum atomic E-state index is 12.2. The van der Waals surface area contributed by atoms with Crippen LogP contribution >= 0.6 is 0 Å². The van der Waals surface area contributed by atoms with E-state index in [0.29, 0.717) is 24.2 Å². The van der Waals surface area contributed by atoms with E-state index in [4.69, 9.17) is 14.8 Å². The zero-order valence-corrected chi connectivity index (χ0v) is 23.5. The zero-order chi connectivity index (χ0) is 26.5. The second-order valence-corrected chi connectivity index (χ2v) is 13.0. The quantitative estimate of drug-likeness (QED) is 0.358. The molecule has 196 valence electrons. The molecule has 1 aromatic carbocycles. The molecule has 1 saturated carbocycles. The summed E-state index contributed by atoms with van der Waals surface area (Å²) in [5.41, 5.74) is 12.0. The number of fused-ring (bicyclic) bond motifs is 1. The first-order valence-corrected chi connectivity index (χ1v) is 13.8. The van der Waals surface area contributed by atoms with Crippen molar-refractivity contribution in [3.05, 3.63) is 57.9 Å². The minimum Gasteiger partial charge on any atom is -0.460 e. The highest BCUT2D eigenvalue weighted by molar-refractivity contribution is 5.73. The van der Waals surface area contributed by atoms with Crippen LogP contribution in [0.5, 0.6) is 0 Å². The third-order valence-electron chi connectivity index (χ3n) is 7.86. The Morgan fingerprint density at radius 2 is 1.81 bits per heavy atom. The minimum absolute atomic E-state index is 0.152. The second-order valence-electron chi connectivity index (χ2n) is 13.0. The first kappa shape index (κ1) is 25.7. The highest BCUT2D eigenvalue weighted by Gasteiger charge is 2.35. The number of esters is 1. The van der Waals surface area contributed by atoms with Gasteiger partial charge in [-0.2, -0.15) is 5.10 Å². The molecular weight excluding hydrogens is 458 g/mol. The number of hydrogen-bond acceptors (Lipinski definition) is 4. The van der Waals surface area contributed by atoms with Gasteiger partial charge in [-0.3, -0.25) is 14.9 Å². The van der Waals surface area contributed by atoms with E-state index >= 15 is 0 Å². The molecule has 2 heterocycles. The number of aryl methyl sites for hydroxylation is 2. The molecule has 0 saturated heterocycles. The molecule has 1 fully saturated rings. The van der Waals surface area contributed by atoms with E-state index in [0.717, 1.165) is 29.8 Å². The maximum absolute atomic E-state index is 12.2. The third kappa shape index (κ3) is 5.66. The molecule has 1 N–H and O–H groups in total. The molecule has 0 atom stereocenters. The lowest BCUT2D eigenvalue weighted by molar-refractivity contribution is -0.154. The van der Waals surface area contributed by atoms with Crippen LogP contribution < -0.4 is 0 Å². The van der Waals surface area contributed by atoms with Crippen molar-refractivity contribution < 1.29 is 9.53 Å². The van der Waals surface area contributed by atoms with Gasteiger partial charge >= 0.3 is 5.97 Å². The van der Waals surface area contributed by atoms with Crippen LogP contribution in [0.15, 0.2) is 24.4 Å². The average molecular weight is 500 g/mol. The maximum Gasteiger partial charge on any atom is 0.306 e.